The first-order valence-corrected chi connectivity index (χ1v) is 9.24. The Balaban J connectivity index is 1.49. The topological polar surface area (TPSA) is 15.3 Å². The number of benzene rings is 2. The highest BCUT2D eigenvalue weighted by atomic mass is 15.1. The van der Waals surface area contributed by atoms with Crippen molar-refractivity contribution in [3.05, 3.63) is 65.2 Å². The minimum atomic E-state index is 0.527. The van der Waals surface area contributed by atoms with E-state index in [2.05, 4.69) is 79.5 Å². The lowest BCUT2D eigenvalue weighted by Gasteiger charge is -2.35. The van der Waals surface area contributed by atoms with Crippen LogP contribution in [0.25, 0.3) is 0 Å². The van der Waals surface area contributed by atoms with Crippen LogP contribution in [-0.2, 0) is 6.42 Å². The van der Waals surface area contributed by atoms with Crippen LogP contribution in [0.5, 0.6) is 0 Å². The molecule has 2 heteroatoms. The summed E-state index contributed by atoms with van der Waals surface area (Å²) in [7, 11) is 0. The molecule has 0 radical (unpaired) electrons. The van der Waals surface area contributed by atoms with Crippen LogP contribution in [0.2, 0.25) is 0 Å². The zero-order valence-corrected chi connectivity index (χ0v) is 15.3. The van der Waals surface area contributed by atoms with Crippen LogP contribution in [0.4, 0.5) is 5.69 Å². The van der Waals surface area contributed by atoms with Crippen LogP contribution in [-0.4, -0.2) is 25.2 Å². The molecule has 1 aliphatic rings. The van der Waals surface area contributed by atoms with Gasteiger partial charge in [0.15, 0.2) is 0 Å². The predicted molar refractivity (Wildman–Crippen MR) is 104 cm³/mol. The predicted octanol–water partition coefficient (Wildman–Crippen LogP) is 4.49. The van der Waals surface area contributed by atoms with Crippen molar-refractivity contribution >= 4 is 5.69 Å². The fourth-order valence-electron chi connectivity index (χ4n) is 3.81. The Labute approximate surface area is 146 Å². The minimum Gasteiger partial charge on any atom is -0.371 e. The van der Waals surface area contributed by atoms with E-state index in [1.807, 2.05) is 0 Å². The van der Waals surface area contributed by atoms with Crippen molar-refractivity contribution in [2.75, 3.05) is 18.0 Å². The van der Waals surface area contributed by atoms with Gasteiger partial charge in [0, 0.05) is 30.9 Å². The molecule has 0 amide bonds. The zero-order chi connectivity index (χ0) is 16.9. The van der Waals surface area contributed by atoms with Gasteiger partial charge in [-0.25, -0.2) is 0 Å². The summed E-state index contributed by atoms with van der Waals surface area (Å²) in [6, 6.07) is 18.8. The number of hydrogen-bond donors (Lipinski definition) is 1. The molecule has 0 saturated carbocycles. The molecular weight excluding hydrogens is 292 g/mol. The SMILES string of the molecule is Cc1ccc(CC(C)NC2CCN(c3ccccc3)CC2)c(C)c1. The van der Waals surface area contributed by atoms with E-state index < -0.39 is 0 Å². The van der Waals surface area contributed by atoms with Gasteiger partial charge in [-0.05, 0) is 63.3 Å². The van der Waals surface area contributed by atoms with Gasteiger partial charge in [-0.1, -0.05) is 42.0 Å². The molecule has 2 aromatic rings. The maximum atomic E-state index is 3.85. The summed E-state index contributed by atoms with van der Waals surface area (Å²) in [6.45, 7) is 9.02. The van der Waals surface area contributed by atoms with Crippen molar-refractivity contribution in [3.63, 3.8) is 0 Å². The van der Waals surface area contributed by atoms with Crippen molar-refractivity contribution in [2.24, 2.45) is 0 Å². The highest BCUT2D eigenvalue weighted by molar-refractivity contribution is 5.46. The quantitative estimate of drug-likeness (QED) is 0.872. The number of hydrogen-bond acceptors (Lipinski definition) is 2. The van der Waals surface area contributed by atoms with Crippen molar-refractivity contribution < 1.29 is 0 Å². The zero-order valence-electron chi connectivity index (χ0n) is 15.3. The smallest absolute Gasteiger partial charge is 0.0366 e. The Kier molecular flexibility index (Phi) is 5.57. The van der Waals surface area contributed by atoms with Crippen LogP contribution < -0.4 is 10.2 Å². The summed E-state index contributed by atoms with van der Waals surface area (Å²) in [4.78, 5) is 2.51. The summed E-state index contributed by atoms with van der Waals surface area (Å²) in [5, 5.41) is 3.85. The van der Waals surface area contributed by atoms with E-state index in [0.717, 1.165) is 19.5 Å². The lowest BCUT2D eigenvalue weighted by molar-refractivity contribution is 0.375. The van der Waals surface area contributed by atoms with E-state index in [4.69, 9.17) is 0 Å². The molecule has 1 saturated heterocycles. The molecule has 1 heterocycles. The van der Waals surface area contributed by atoms with E-state index in [9.17, 15) is 0 Å². The van der Waals surface area contributed by atoms with Crippen molar-refractivity contribution in [1.82, 2.24) is 5.32 Å². The second-order valence-corrected chi connectivity index (χ2v) is 7.30. The van der Waals surface area contributed by atoms with Crippen molar-refractivity contribution in [3.8, 4) is 0 Å². The number of nitrogens with zero attached hydrogens (tertiary/aromatic N) is 1. The maximum absolute atomic E-state index is 3.85. The molecule has 1 unspecified atom stereocenters. The number of nitrogens with one attached hydrogen (secondary N) is 1. The molecule has 1 atom stereocenters. The van der Waals surface area contributed by atoms with Gasteiger partial charge in [-0.3, -0.25) is 0 Å². The van der Waals surface area contributed by atoms with Gasteiger partial charge >= 0.3 is 0 Å². The Morgan fingerprint density at radius 1 is 1.04 bits per heavy atom. The fourth-order valence-corrected chi connectivity index (χ4v) is 3.81. The van der Waals surface area contributed by atoms with E-state index in [1.165, 1.54) is 35.2 Å². The highest BCUT2D eigenvalue weighted by Gasteiger charge is 2.20. The number of para-hydroxylation sites is 1. The van der Waals surface area contributed by atoms with Crippen LogP contribution in [0.15, 0.2) is 48.5 Å². The summed E-state index contributed by atoms with van der Waals surface area (Å²) < 4.78 is 0. The number of aryl methyl sites for hydroxylation is 2. The Morgan fingerprint density at radius 3 is 2.42 bits per heavy atom. The highest BCUT2D eigenvalue weighted by Crippen LogP contribution is 2.20. The molecule has 128 valence electrons. The lowest BCUT2D eigenvalue weighted by atomic mass is 9.98. The third-order valence-electron chi connectivity index (χ3n) is 5.16. The summed E-state index contributed by atoms with van der Waals surface area (Å²) in [5.41, 5.74) is 5.61. The van der Waals surface area contributed by atoms with Crippen LogP contribution >= 0.6 is 0 Å². The monoisotopic (exact) mass is 322 g/mol. The van der Waals surface area contributed by atoms with E-state index in [-0.39, 0.29) is 0 Å². The molecule has 3 rings (SSSR count). The largest absolute Gasteiger partial charge is 0.371 e. The standard InChI is InChI=1S/C22H30N2/c1-17-9-10-20(18(2)15-17)16-19(3)23-21-11-13-24(14-12-21)22-7-5-4-6-8-22/h4-10,15,19,21,23H,11-14,16H2,1-3H3. The first-order valence-electron chi connectivity index (χ1n) is 9.24. The summed E-state index contributed by atoms with van der Waals surface area (Å²) in [5.74, 6) is 0. The van der Waals surface area contributed by atoms with Crippen molar-refractivity contribution in [2.45, 2.75) is 52.1 Å². The van der Waals surface area contributed by atoms with E-state index >= 15 is 0 Å². The number of rotatable bonds is 5. The Hall–Kier alpha value is -1.80. The van der Waals surface area contributed by atoms with Crippen molar-refractivity contribution in [1.29, 1.82) is 0 Å². The molecule has 0 aliphatic carbocycles. The molecule has 1 N–H and O–H groups in total. The number of anilines is 1. The molecule has 2 aromatic carbocycles. The van der Waals surface area contributed by atoms with Gasteiger partial charge in [0.05, 0.1) is 0 Å². The van der Waals surface area contributed by atoms with Gasteiger partial charge in [-0.2, -0.15) is 0 Å². The van der Waals surface area contributed by atoms with Gasteiger partial charge in [-0.15, -0.1) is 0 Å². The number of piperidine rings is 1. The Morgan fingerprint density at radius 2 is 1.75 bits per heavy atom. The average molecular weight is 322 g/mol. The Bertz CT molecular complexity index is 642. The molecule has 1 fully saturated rings. The fraction of sp³-hybridized carbons (Fsp3) is 0.455. The second kappa shape index (κ2) is 7.85. The van der Waals surface area contributed by atoms with Gasteiger partial charge in [0.1, 0.15) is 0 Å². The third kappa shape index (κ3) is 4.39. The van der Waals surface area contributed by atoms with Gasteiger partial charge < -0.3 is 10.2 Å². The molecule has 2 nitrogen and oxygen atoms in total. The van der Waals surface area contributed by atoms with Crippen LogP contribution in [0, 0.1) is 13.8 Å². The first-order chi connectivity index (χ1) is 11.6. The minimum absolute atomic E-state index is 0.527. The first kappa shape index (κ1) is 17.0. The third-order valence-corrected chi connectivity index (χ3v) is 5.16. The van der Waals surface area contributed by atoms with E-state index in [1.54, 1.807) is 0 Å². The summed E-state index contributed by atoms with van der Waals surface area (Å²) >= 11 is 0. The van der Waals surface area contributed by atoms with Crippen LogP contribution in [0.1, 0.15) is 36.5 Å². The molecule has 1 aliphatic heterocycles. The summed E-state index contributed by atoms with van der Waals surface area (Å²) in [6.07, 6.45) is 3.57. The molecule has 0 bridgehead atoms. The molecule has 0 aromatic heterocycles. The van der Waals surface area contributed by atoms with Gasteiger partial charge in [0.25, 0.3) is 0 Å². The van der Waals surface area contributed by atoms with E-state index in [0.29, 0.717) is 12.1 Å². The lowest BCUT2D eigenvalue weighted by Crippen LogP contribution is -2.46. The normalized spacial score (nSPS) is 17.0. The second-order valence-electron chi connectivity index (χ2n) is 7.30. The molecule has 24 heavy (non-hydrogen) atoms. The molecule has 0 spiro atoms. The maximum Gasteiger partial charge on any atom is 0.0366 e. The van der Waals surface area contributed by atoms with Crippen LogP contribution in [0.3, 0.4) is 0 Å². The average Bonchev–Trinajstić information content (AvgIpc) is 2.59. The van der Waals surface area contributed by atoms with Gasteiger partial charge in [0.2, 0.25) is 0 Å². The molecular formula is C22H30N2.